The Morgan fingerprint density at radius 1 is 1.07 bits per heavy atom. The molecule has 0 spiro atoms. The van der Waals surface area contributed by atoms with Crippen molar-refractivity contribution in [3.8, 4) is 22.8 Å². The van der Waals surface area contributed by atoms with Gasteiger partial charge in [0, 0.05) is 17.4 Å². The van der Waals surface area contributed by atoms with Gasteiger partial charge in [0.25, 0.3) is 0 Å². The second-order valence-electron chi connectivity index (χ2n) is 5.90. The summed E-state index contributed by atoms with van der Waals surface area (Å²) in [4.78, 5) is 16.5. The number of nitrogens with one attached hydrogen (secondary N) is 1. The number of benzene rings is 2. The second kappa shape index (κ2) is 8.79. The number of nitrogens with zero attached hydrogens (tertiary/aromatic N) is 1. The second-order valence-corrected chi connectivity index (χ2v) is 6.76. The standard InChI is InChI=1S/C20H18F2N2O3S/c1-26-17-7-5-13(10-18(17)27-2)16-11-28-20(23-16)24-19(25)8-4-12-3-6-14(21)15(22)9-12/h3,5-7,9-11H,4,8H2,1-2H3,(H,23,24,25). The molecule has 1 amide bonds. The molecule has 5 nitrogen and oxygen atoms in total. The van der Waals surface area contributed by atoms with Gasteiger partial charge in [-0.1, -0.05) is 6.07 Å². The van der Waals surface area contributed by atoms with Gasteiger partial charge in [-0.2, -0.15) is 0 Å². The van der Waals surface area contributed by atoms with Crippen molar-refractivity contribution >= 4 is 22.4 Å². The third-order valence-electron chi connectivity index (χ3n) is 4.05. The van der Waals surface area contributed by atoms with Crippen molar-refractivity contribution in [1.29, 1.82) is 0 Å². The monoisotopic (exact) mass is 404 g/mol. The Bertz CT molecular complexity index is 991. The summed E-state index contributed by atoms with van der Waals surface area (Å²) in [6.07, 6.45) is 0.438. The zero-order valence-electron chi connectivity index (χ0n) is 15.3. The molecule has 0 saturated heterocycles. The van der Waals surface area contributed by atoms with Crippen molar-refractivity contribution in [2.75, 3.05) is 19.5 Å². The maximum atomic E-state index is 13.2. The number of carbonyl (C=O) groups is 1. The van der Waals surface area contributed by atoms with E-state index in [9.17, 15) is 13.6 Å². The topological polar surface area (TPSA) is 60.5 Å². The molecule has 0 fully saturated rings. The Morgan fingerprint density at radius 3 is 2.57 bits per heavy atom. The van der Waals surface area contributed by atoms with Crippen LogP contribution in [0.4, 0.5) is 13.9 Å². The number of hydrogen-bond donors (Lipinski definition) is 1. The van der Waals surface area contributed by atoms with E-state index in [0.29, 0.717) is 34.3 Å². The number of ether oxygens (including phenoxy) is 2. The summed E-state index contributed by atoms with van der Waals surface area (Å²) in [5.74, 6) is -0.869. The molecule has 2 aromatic carbocycles. The summed E-state index contributed by atoms with van der Waals surface area (Å²) < 4.78 is 36.7. The average Bonchev–Trinajstić information content (AvgIpc) is 3.16. The van der Waals surface area contributed by atoms with Crippen LogP contribution in [0.25, 0.3) is 11.3 Å². The molecule has 8 heteroatoms. The van der Waals surface area contributed by atoms with Crippen molar-refractivity contribution in [3.05, 3.63) is 59.0 Å². The van der Waals surface area contributed by atoms with Crippen molar-refractivity contribution in [2.24, 2.45) is 0 Å². The first-order valence-corrected chi connectivity index (χ1v) is 9.30. The van der Waals surface area contributed by atoms with Crippen LogP contribution in [0.5, 0.6) is 11.5 Å². The van der Waals surface area contributed by atoms with E-state index < -0.39 is 11.6 Å². The molecule has 0 unspecified atom stereocenters. The van der Waals surface area contributed by atoms with Crippen molar-refractivity contribution in [2.45, 2.75) is 12.8 Å². The van der Waals surface area contributed by atoms with Gasteiger partial charge in [0.05, 0.1) is 19.9 Å². The molecular formula is C20H18F2N2O3S. The highest BCUT2D eigenvalue weighted by Gasteiger charge is 2.12. The number of aryl methyl sites for hydroxylation is 1. The lowest BCUT2D eigenvalue weighted by Crippen LogP contribution is -2.12. The largest absolute Gasteiger partial charge is 0.493 e. The average molecular weight is 404 g/mol. The van der Waals surface area contributed by atoms with Crippen LogP contribution in [0.3, 0.4) is 0 Å². The summed E-state index contributed by atoms with van der Waals surface area (Å²) in [6.45, 7) is 0. The first-order valence-electron chi connectivity index (χ1n) is 8.42. The van der Waals surface area contributed by atoms with Crippen molar-refractivity contribution in [1.82, 2.24) is 4.98 Å². The smallest absolute Gasteiger partial charge is 0.226 e. The molecule has 0 atom stereocenters. The molecule has 0 aliphatic heterocycles. The fraction of sp³-hybridized carbons (Fsp3) is 0.200. The number of halogens is 2. The quantitative estimate of drug-likeness (QED) is 0.621. The molecule has 0 bridgehead atoms. The van der Waals surface area contributed by atoms with Crippen molar-refractivity contribution in [3.63, 3.8) is 0 Å². The molecule has 1 heterocycles. The van der Waals surface area contributed by atoms with Crippen LogP contribution in [-0.2, 0) is 11.2 Å². The van der Waals surface area contributed by atoms with E-state index in [0.717, 1.165) is 17.7 Å². The third kappa shape index (κ3) is 4.64. The lowest BCUT2D eigenvalue weighted by Gasteiger charge is -2.08. The number of amides is 1. The van der Waals surface area contributed by atoms with Gasteiger partial charge in [-0.25, -0.2) is 13.8 Å². The van der Waals surface area contributed by atoms with Gasteiger partial charge >= 0.3 is 0 Å². The number of aromatic nitrogens is 1. The normalized spacial score (nSPS) is 10.6. The highest BCUT2D eigenvalue weighted by Crippen LogP contribution is 2.33. The number of carbonyl (C=O) groups excluding carboxylic acids is 1. The zero-order valence-corrected chi connectivity index (χ0v) is 16.1. The predicted octanol–water partition coefficient (Wildman–Crippen LogP) is 4.68. The Labute approximate surface area is 164 Å². The molecule has 3 rings (SSSR count). The maximum Gasteiger partial charge on any atom is 0.226 e. The van der Waals surface area contributed by atoms with Gasteiger partial charge in [0.1, 0.15) is 0 Å². The number of rotatable bonds is 7. The van der Waals surface area contributed by atoms with Gasteiger partial charge in [-0.05, 0) is 42.3 Å². The molecule has 0 aliphatic carbocycles. The third-order valence-corrected chi connectivity index (χ3v) is 4.81. The first kappa shape index (κ1) is 19.8. The highest BCUT2D eigenvalue weighted by atomic mass is 32.1. The molecule has 1 aromatic heterocycles. The van der Waals surface area contributed by atoms with E-state index in [4.69, 9.17) is 9.47 Å². The SMILES string of the molecule is COc1ccc(-c2csc(NC(=O)CCc3ccc(F)c(F)c3)n2)cc1OC. The minimum Gasteiger partial charge on any atom is -0.493 e. The zero-order chi connectivity index (χ0) is 20.1. The molecule has 0 radical (unpaired) electrons. The van der Waals surface area contributed by atoms with Crippen LogP contribution >= 0.6 is 11.3 Å². The van der Waals surface area contributed by atoms with Gasteiger partial charge in [-0.3, -0.25) is 4.79 Å². The Hall–Kier alpha value is -3.00. The first-order chi connectivity index (χ1) is 13.5. The van der Waals surface area contributed by atoms with Crippen LogP contribution in [0, 0.1) is 11.6 Å². The molecule has 0 aliphatic rings. The molecule has 3 aromatic rings. The van der Waals surface area contributed by atoms with Crippen LogP contribution in [0.15, 0.2) is 41.8 Å². The van der Waals surface area contributed by atoms with E-state index >= 15 is 0 Å². The Kier molecular flexibility index (Phi) is 6.20. The summed E-state index contributed by atoms with van der Waals surface area (Å²) in [5, 5.41) is 5.01. The van der Waals surface area contributed by atoms with E-state index in [1.165, 1.54) is 17.4 Å². The van der Waals surface area contributed by atoms with Crippen molar-refractivity contribution < 1.29 is 23.0 Å². The van der Waals surface area contributed by atoms with Gasteiger partial charge in [-0.15, -0.1) is 11.3 Å². The minimum atomic E-state index is -0.919. The highest BCUT2D eigenvalue weighted by molar-refractivity contribution is 7.14. The summed E-state index contributed by atoms with van der Waals surface area (Å²) in [6, 6.07) is 9.06. The van der Waals surface area contributed by atoms with Crippen LogP contribution < -0.4 is 14.8 Å². The lowest BCUT2D eigenvalue weighted by atomic mass is 10.1. The maximum absolute atomic E-state index is 13.2. The van der Waals surface area contributed by atoms with E-state index in [-0.39, 0.29) is 12.3 Å². The van der Waals surface area contributed by atoms with Crippen LogP contribution in [-0.4, -0.2) is 25.1 Å². The van der Waals surface area contributed by atoms with Gasteiger partial charge < -0.3 is 14.8 Å². The molecule has 0 saturated carbocycles. The minimum absolute atomic E-state index is 0.135. The van der Waals surface area contributed by atoms with E-state index in [1.54, 1.807) is 20.3 Å². The van der Waals surface area contributed by atoms with Crippen LogP contribution in [0.2, 0.25) is 0 Å². The fourth-order valence-electron chi connectivity index (χ4n) is 2.59. The molecule has 1 N–H and O–H groups in total. The van der Waals surface area contributed by atoms with Gasteiger partial charge in [0.15, 0.2) is 28.3 Å². The number of anilines is 1. The number of hydrogen-bond acceptors (Lipinski definition) is 5. The van der Waals surface area contributed by atoms with Crippen LogP contribution in [0.1, 0.15) is 12.0 Å². The predicted molar refractivity (Wildman–Crippen MR) is 104 cm³/mol. The Balaban J connectivity index is 1.62. The fourth-order valence-corrected chi connectivity index (χ4v) is 3.33. The summed E-state index contributed by atoms with van der Waals surface area (Å²) in [5.41, 5.74) is 2.08. The van der Waals surface area contributed by atoms with E-state index in [2.05, 4.69) is 10.3 Å². The Morgan fingerprint density at radius 2 is 1.86 bits per heavy atom. The molecule has 28 heavy (non-hydrogen) atoms. The summed E-state index contributed by atoms with van der Waals surface area (Å²) in [7, 11) is 3.12. The molecular weight excluding hydrogens is 386 g/mol. The summed E-state index contributed by atoms with van der Waals surface area (Å²) >= 11 is 1.30. The van der Waals surface area contributed by atoms with Gasteiger partial charge in [0.2, 0.25) is 5.91 Å². The molecule has 146 valence electrons. The number of methoxy groups -OCH3 is 2. The number of thiazole rings is 1. The van der Waals surface area contributed by atoms with E-state index in [1.807, 2.05) is 17.5 Å². The lowest BCUT2D eigenvalue weighted by molar-refractivity contribution is -0.116.